The predicted octanol–water partition coefficient (Wildman–Crippen LogP) is 4.27. The summed E-state index contributed by atoms with van der Waals surface area (Å²) in [7, 11) is 1.70. The van der Waals surface area contributed by atoms with Gasteiger partial charge >= 0.3 is 6.03 Å². The van der Waals surface area contributed by atoms with E-state index in [9.17, 15) is 9.59 Å². The van der Waals surface area contributed by atoms with Gasteiger partial charge in [0.25, 0.3) is 0 Å². The molecule has 2 N–H and O–H groups in total. The molecule has 0 atom stereocenters. The van der Waals surface area contributed by atoms with Crippen molar-refractivity contribution in [1.29, 1.82) is 0 Å². The Bertz CT molecular complexity index is 762. The SMILES string of the molecule is CC(=O)Nc1ccc(C)c(NC(=O)N(C)Cc2ccccc2Cl)c1. The van der Waals surface area contributed by atoms with Crippen molar-refractivity contribution in [3.05, 3.63) is 58.6 Å². The highest BCUT2D eigenvalue weighted by molar-refractivity contribution is 6.31. The number of carbonyl (C=O) groups excluding carboxylic acids is 2. The number of urea groups is 1. The van der Waals surface area contributed by atoms with Gasteiger partial charge in [0.05, 0.1) is 0 Å². The van der Waals surface area contributed by atoms with Crippen LogP contribution in [0.3, 0.4) is 0 Å². The van der Waals surface area contributed by atoms with E-state index in [4.69, 9.17) is 11.6 Å². The highest BCUT2D eigenvalue weighted by atomic mass is 35.5. The summed E-state index contributed by atoms with van der Waals surface area (Å²) >= 11 is 6.13. The molecule has 3 amide bonds. The molecule has 0 heterocycles. The molecule has 0 aliphatic rings. The third kappa shape index (κ3) is 4.73. The molecule has 0 spiro atoms. The van der Waals surface area contributed by atoms with Gasteiger partial charge in [0.1, 0.15) is 0 Å². The minimum absolute atomic E-state index is 0.160. The summed E-state index contributed by atoms with van der Waals surface area (Å²) in [4.78, 5) is 25.1. The molecular formula is C18H20ClN3O2. The van der Waals surface area contributed by atoms with E-state index in [2.05, 4.69) is 10.6 Å². The molecule has 0 aliphatic heterocycles. The maximum Gasteiger partial charge on any atom is 0.321 e. The Labute approximate surface area is 146 Å². The first-order valence-electron chi connectivity index (χ1n) is 7.50. The summed E-state index contributed by atoms with van der Waals surface area (Å²) in [5.41, 5.74) is 3.07. The predicted molar refractivity (Wildman–Crippen MR) is 97.4 cm³/mol. The minimum atomic E-state index is -0.252. The van der Waals surface area contributed by atoms with E-state index in [0.29, 0.717) is 22.9 Å². The Morgan fingerprint density at radius 1 is 1.12 bits per heavy atom. The van der Waals surface area contributed by atoms with Crippen LogP contribution in [-0.2, 0) is 11.3 Å². The van der Waals surface area contributed by atoms with Crippen molar-refractivity contribution in [2.24, 2.45) is 0 Å². The number of amides is 3. The Balaban J connectivity index is 2.08. The molecule has 0 fully saturated rings. The van der Waals surface area contributed by atoms with Crippen molar-refractivity contribution in [2.75, 3.05) is 17.7 Å². The molecule has 0 bridgehead atoms. The number of anilines is 2. The molecule has 126 valence electrons. The van der Waals surface area contributed by atoms with Crippen molar-refractivity contribution in [3.63, 3.8) is 0 Å². The van der Waals surface area contributed by atoms with Crippen LogP contribution in [0.15, 0.2) is 42.5 Å². The van der Waals surface area contributed by atoms with E-state index in [1.54, 1.807) is 30.1 Å². The Kier molecular flexibility index (Phi) is 5.82. The summed E-state index contributed by atoms with van der Waals surface area (Å²) < 4.78 is 0. The third-order valence-corrected chi connectivity index (χ3v) is 3.88. The molecule has 2 rings (SSSR count). The van der Waals surface area contributed by atoms with Gasteiger partial charge in [0.15, 0.2) is 0 Å². The fourth-order valence-corrected chi connectivity index (χ4v) is 2.40. The molecule has 0 saturated heterocycles. The number of rotatable bonds is 4. The molecule has 0 radical (unpaired) electrons. The molecule has 0 unspecified atom stereocenters. The minimum Gasteiger partial charge on any atom is -0.326 e. The van der Waals surface area contributed by atoms with E-state index in [-0.39, 0.29) is 11.9 Å². The zero-order valence-electron chi connectivity index (χ0n) is 13.9. The van der Waals surface area contributed by atoms with Crippen LogP contribution in [0.5, 0.6) is 0 Å². The van der Waals surface area contributed by atoms with E-state index < -0.39 is 0 Å². The zero-order valence-corrected chi connectivity index (χ0v) is 14.6. The molecule has 0 aromatic heterocycles. The highest BCUT2D eigenvalue weighted by Gasteiger charge is 2.12. The largest absolute Gasteiger partial charge is 0.326 e. The van der Waals surface area contributed by atoms with Gasteiger partial charge < -0.3 is 15.5 Å². The second-order valence-corrected chi connectivity index (χ2v) is 6.00. The van der Waals surface area contributed by atoms with Crippen LogP contribution in [0.25, 0.3) is 0 Å². The quantitative estimate of drug-likeness (QED) is 0.869. The number of hydrogen-bond acceptors (Lipinski definition) is 2. The highest BCUT2D eigenvalue weighted by Crippen LogP contribution is 2.21. The van der Waals surface area contributed by atoms with Gasteiger partial charge in [0.2, 0.25) is 5.91 Å². The fourth-order valence-electron chi connectivity index (χ4n) is 2.20. The van der Waals surface area contributed by atoms with Gasteiger partial charge in [-0.15, -0.1) is 0 Å². The van der Waals surface area contributed by atoms with Crippen LogP contribution in [0, 0.1) is 6.92 Å². The lowest BCUT2D eigenvalue weighted by Gasteiger charge is -2.20. The molecule has 5 nitrogen and oxygen atoms in total. The van der Waals surface area contributed by atoms with Crippen LogP contribution in [0.2, 0.25) is 5.02 Å². The maximum absolute atomic E-state index is 12.4. The van der Waals surface area contributed by atoms with Crippen molar-refractivity contribution >= 4 is 34.9 Å². The number of aryl methyl sites for hydroxylation is 1. The Hall–Kier alpha value is -2.53. The molecule has 24 heavy (non-hydrogen) atoms. The van der Waals surface area contributed by atoms with Gasteiger partial charge in [-0.05, 0) is 36.2 Å². The number of hydrogen-bond donors (Lipinski definition) is 2. The van der Waals surface area contributed by atoms with Crippen molar-refractivity contribution in [3.8, 4) is 0 Å². The van der Waals surface area contributed by atoms with Crippen LogP contribution in [0.1, 0.15) is 18.1 Å². The smallest absolute Gasteiger partial charge is 0.321 e. The van der Waals surface area contributed by atoms with Crippen molar-refractivity contribution in [1.82, 2.24) is 4.90 Å². The van der Waals surface area contributed by atoms with Crippen LogP contribution in [-0.4, -0.2) is 23.9 Å². The number of benzene rings is 2. The van der Waals surface area contributed by atoms with Gasteiger partial charge in [0, 0.05) is 36.9 Å². The zero-order chi connectivity index (χ0) is 17.7. The lowest BCUT2D eigenvalue weighted by Crippen LogP contribution is -2.31. The number of carbonyl (C=O) groups is 2. The Morgan fingerprint density at radius 2 is 1.83 bits per heavy atom. The van der Waals surface area contributed by atoms with Gasteiger partial charge in [-0.2, -0.15) is 0 Å². The first kappa shape index (κ1) is 17.8. The monoisotopic (exact) mass is 345 g/mol. The maximum atomic E-state index is 12.4. The second kappa shape index (κ2) is 7.84. The normalized spacial score (nSPS) is 10.2. The van der Waals surface area contributed by atoms with Crippen molar-refractivity contribution < 1.29 is 9.59 Å². The summed E-state index contributed by atoms with van der Waals surface area (Å²) in [6, 6.07) is 12.5. The first-order valence-corrected chi connectivity index (χ1v) is 7.88. The summed E-state index contributed by atoms with van der Waals surface area (Å²) in [5.74, 6) is -0.160. The average molecular weight is 346 g/mol. The first-order chi connectivity index (χ1) is 11.4. The lowest BCUT2D eigenvalue weighted by atomic mass is 10.1. The van der Waals surface area contributed by atoms with E-state index in [1.165, 1.54) is 6.92 Å². The molecule has 2 aromatic rings. The number of halogens is 1. The summed E-state index contributed by atoms with van der Waals surface area (Å²) in [5, 5.41) is 6.18. The average Bonchev–Trinajstić information content (AvgIpc) is 2.52. The number of nitrogens with zero attached hydrogens (tertiary/aromatic N) is 1. The third-order valence-electron chi connectivity index (χ3n) is 3.51. The fraction of sp³-hybridized carbons (Fsp3) is 0.222. The molecular weight excluding hydrogens is 326 g/mol. The van der Waals surface area contributed by atoms with Crippen LogP contribution in [0.4, 0.5) is 16.2 Å². The molecule has 0 saturated carbocycles. The summed E-state index contributed by atoms with van der Waals surface area (Å²) in [6.45, 7) is 3.73. The second-order valence-electron chi connectivity index (χ2n) is 5.59. The van der Waals surface area contributed by atoms with Crippen molar-refractivity contribution in [2.45, 2.75) is 20.4 Å². The summed E-state index contributed by atoms with van der Waals surface area (Å²) in [6.07, 6.45) is 0. The van der Waals surface area contributed by atoms with Crippen LogP contribution < -0.4 is 10.6 Å². The van der Waals surface area contributed by atoms with E-state index in [0.717, 1.165) is 11.1 Å². The lowest BCUT2D eigenvalue weighted by molar-refractivity contribution is -0.114. The Morgan fingerprint density at radius 3 is 2.50 bits per heavy atom. The number of nitrogens with one attached hydrogen (secondary N) is 2. The van der Waals surface area contributed by atoms with E-state index in [1.807, 2.05) is 31.2 Å². The standard InChI is InChI=1S/C18H20ClN3O2/c1-12-8-9-15(20-13(2)23)10-17(12)21-18(24)22(3)11-14-6-4-5-7-16(14)19/h4-10H,11H2,1-3H3,(H,20,23)(H,21,24). The molecule has 6 heteroatoms. The van der Waals surface area contributed by atoms with E-state index >= 15 is 0 Å². The topological polar surface area (TPSA) is 61.4 Å². The molecule has 2 aromatic carbocycles. The van der Waals surface area contributed by atoms with Gasteiger partial charge in [-0.25, -0.2) is 4.79 Å². The van der Waals surface area contributed by atoms with Crippen LogP contribution >= 0.6 is 11.6 Å². The van der Waals surface area contributed by atoms with Gasteiger partial charge in [-0.3, -0.25) is 4.79 Å². The van der Waals surface area contributed by atoms with Gasteiger partial charge in [-0.1, -0.05) is 35.9 Å². The molecule has 0 aliphatic carbocycles.